The lowest BCUT2D eigenvalue weighted by molar-refractivity contribution is -0.142. The molecule has 0 bridgehead atoms. The van der Waals surface area contributed by atoms with Crippen molar-refractivity contribution >= 4 is 49.9 Å². The Morgan fingerprint density at radius 3 is 2.03 bits per heavy atom. The van der Waals surface area contributed by atoms with Gasteiger partial charge < -0.3 is 19.5 Å². The highest BCUT2D eigenvalue weighted by Crippen LogP contribution is 2.19. The van der Waals surface area contributed by atoms with E-state index in [0.29, 0.717) is 34.7 Å². The molecule has 0 fully saturated rings. The van der Waals surface area contributed by atoms with Crippen molar-refractivity contribution < 1.29 is 28.6 Å². The number of esters is 2. The predicted octanol–water partition coefficient (Wildman–Crippen LogP) is 3.99. The van der Waals surface area contributed by atoms with E-state index in [2.05, 4.69) is 47.1 Å². The fraction of sp³-hybridized carbons (Fsp3) is 0.435. The molecule has 35 heavy (non-hydrogen) atoms. The Bertz CT molecular complexity index is 1040. The van der Waals surface area contributed by atoms with Crippen LogP contribution in [0.1, 0.15) is 48.3 Å². The number of rotatable bonds is 12. The van der Waals surface area contributed by atoms with E-state index in [1.807, 2.05) is 6.07 Å². The van der Waals surface area contributed by atoms with Crippen LogP contribution >= 0.6 is 31.9 Å². The molecule has 1 N–H and O–H groups in total. The average Bonchev–Trinajstić information content (AvgIpc) is 2.78. The van der Waals surface area contributed by atoms with Gasteiger partial charge >= 0.3 is 18.0 Å². The smallest absolute Gasteiger partial charge is 0.410 e. The van der Waals surface area contributed by atoms with Crippen molar-refractivity contribution in [1.82, 2.24) is 20.2 Å². The van der Waals surface area contributed by atoms with E-state index in [9.17, 15) is 14.4 Å². The third kappa shape index (κ3) is 9.90. The van der Waals surface area contributed by atoms with Crippen molar-refractivity contribution in [2.75, 3.05) is 26.4 Å². The Morgan fingerprint density at radius 1 is 0.829 bits per heavy atom. The lowest BCUT2D eigenvalue weighted by Gasteiger charge is -2.22. The molecule has 0 aliphatic rings. The summed E-state index contributed by atoms with van der Waals surface area (Å²) in [7, 11) is 0. The molecule has 0 spiro atoms. The minimum absolute atomic E-state index is 0.0592. The Morgan fingerprint density at radius 2 is 1.40 bits per heavy atom. The maximum atomic E-state index is 12.7. The first-order valence-corrected chi connectivity index (χ1v) is 12.6. The third-order valence-electron chi connectivity index (χ3n) is 4.34. The molecule has 2 heterocycles. The van der Waals surface area contributed by atoms with Crippen molar-refractivity contribution in [3.8, 4) is 0 Å². The van der Waals surface area contributed by atoms with Crippen molar-refractivity contribution in [3.05, 3.63) is 56.0 Å². The molecule has 2 rings (SSSR count). The quantitative estimate of drug-likeness (QED) is 0.279. The van der Waals surface area contributed by atoms with E-state index in [0.717, 1.165) is 4.47 Å². The molecule has 0 unspecified atom stereocenters. The molecule has 1 amide bonds. The van der Waals surface area contributed by atoms with Crippen LogP contribution in [0.25, 0.3) is 0 Å². The SMILES string of the molecule is CCOC(=O)CNCc1cc(Br)cc(CN(Cc2cc(Br)cc(C(=O)OCC)n2)C(=O)OCC)n1. The van der Waals surface area contributed by atoms with Gasteiger partial charge in [0.25, 0.3) is 0 Å². The Hall–Kier alpha value is -2.57. The topological polar surface area (TPSA) is 120 Å². The van der Waals surface area contributed by atoms with E-state index < -0.39 is 12.1 Å². The van der Waals surface area contributed by atoms with Gasteiger partial charge in [0.2, 0.25) is 0 Å². The molecule has 0 radical (unpaired) electrons. The van der Waals surface area contributed by atoms with Crippen LogP contribution in [0, 0.1) is 0 Å². The zero-order valence-corrected chi connectivity index (χ0v) is 23.0. The van der Waals surface area contributed by atoms with Crippen LogP contribution in [0.3, 0.4) is 0 Å². The van der Waals surface area contributed by atoms with Crippen molar-refractivity contribution in [3.63, 3.8) is 0 Å². The molecule has 0 atom stereocenters. The summed E-state index contributed by atoms with van der Waals surface area (Å²) in [6, 6.07) is 6.88. The van der Waals surface area contributed by atoms with Gasteiger partial charge in [0.05, 0.1) is 56.5 Å². The van der Waals surface area contributed by atoms with Gasteiger partial charge in [-0.2, -0.15) is 0 Å². The third-order valence-corrected chi connectivity index (χ3v) is 5.25. The van der Waals surface area contributed by atoms with Crippen LogP contribution in [-0.2, 0) is 38.6 Å². The minimum atomic E-state index is -0.550. The van der Waals surface area contributed by atoms with Crippen molar-refractivity contribution in [2.24, 2.45) is 0 Å². The van der Waals surface area contributed by atoms with Gasteiger partial charge in [-0.15, -0.1) is 0 Å². The highest BCUT2D eigenvalue weighted by Gasteiger charge is 2.20. The van der Waals surface area contributed by atoms with Crippen LogP contribution in [0.4, 0.5) is 4.79 Å². The molecule has 12 heteroatoms. The molecular formula is C23H28Br2N4O6. The second-order valence-corrected chi connectivity index (χ2v) is 8.95. The van der Waals surface area contributed by atoms with Crippen LogP contribution in [0.5, 0.6) is 0 Å². The summed E-state index contributed by atoms with van der Waals surface area (Å²) in [6.45, 7) is 6.52. The van der Waals surface area contributed by atoms with E-state index in [1.54, 1.807) is 39.0 Å². The highest BCUT2D eigenvalue weighted by molar-refractivity contribution is 9.10. The number of pyridine rings is 2. The lowest BCUT2D eigenvalue weighted by atomic mass is 10.2. The zero-order chi connectivity index (χ0) is 25.8. The highest BCUT2D eigenvalue weighted by atomic mass is 79.9. The number of nitrogens with one attached hydrogen (secondary N) is 1. The fourth-order valence-corrected chi connectivity index (χ4v) is 4.03. The van der Waals surface area contributed by atoms with Crippen LogP contribution in [0.2, 0.25) is 0 Å². The zero-order valence-electron chi connectivity index (χ0n) is 19.8. The number of carbonyl (C=O) groups is 3. The van der Waals surface area contributed by atoms with Crippen LogP contribution in [0.15, 0.2) is 33.2 Å². The normalized spacial score (nSPS) is 10.5. The summed E-state index contributed by atoms with van der Waals surface area (Å²) in [5.41, 5.74) is 1.88. The molecule has 0 saturated carbocycles. The molecule has 2 aromatic rings. The predicted molar refractivity (Wildman–Crippen MR) is 134 cm³/mol. The molecule has 2 aromatic heterocycles. The van der Waals surface area contributed by atoms with E-state index in [1.165, 1.54) is 4.90 Å². The van der Waals surface area contributed by atoms with Gasteiger partial charge in [-0.05, 0) is 45.0 Å². The standard InChI is InChI=1S/C23H28Br2N4O6/c1-4-33-21(30)12-26-11-17-7-15(24)8-18(27-17)13-29(23(32)35-6-3)14-19-9-16(25)10-20(28-19)22(31)34-5-2/h7-10,26H,4-6,11-14H2,1-3H3. The van der Waals surface area contributed by atoms with Crippen molar-refractivity contribution in [2.45, 2.75) is 40.4 Å². The van der Waals surface area contributed by atoms with E-state index in [4.69, 9.17) is 14.2 Å². The number of nitrogens with zero attached hydrogens (tertiary/aromatic N) is 3. The molecule has 0 aromatic carbocycles. The number of carbonyl (C=O) groups excluding carboxylic acids is 3. The molecule has 190 valence electrons. The van der Waals surface area contributed by atoms with Crippen LogP contribution in [-0.4, -0.2) is 59.3 Å². The van der Waals surface area contributed by atoms with Gasteiger partial charge in [-0.1, -0.05) is 31.9 Å². The number of hydrogen-bond donors (Lipinski definition) is 1. The second kappa shape index (κ2) is 14.7. The Kier molecular flexibility index (Phi) is 12.1. The summed E-state index contributed by atoms with van der Waals surface area (Å²) in [5, 5.41) is 2.99. The first kappa shape index (κ1) is 28.7. The Labute approximate surface area is 221 Å². The Balaban J connectivity index is 2.21. The number of amides is 1. The first-order valence-electron chi connectivity index (χ1n) is 11.0. The maximum absolute atomic E-state index is 12.7. The van der Waals surface area contributed by atoms with Gasteiger partial charge in [0.15, 0.2) is 0 Å². The average molecular weight is 616 g/mol. The summed E-state index contributed by atoms with van der Waals surface area (Å²) in [5.74, 6) is -0.897. The number of hydrogen-bond acceptors (Lipinski definition) is 9. The second-order valence-electron chi connectivity index (χ2n) is 7.11. The molecule has 0 saturated heterocycles. The molecule has 0 aliphatic carbocycles. The fourth-order valence-electron chi connectivity index (χ4n) is 3.02. The van der Waals surface area contributed by atoms with Gasteiger partial charge in [-0.25, -0.2) is 14.6 Å². The summed E-state index contributed by atoms with van der Waals surface area (Å²) < 4.78 is 16.6. The lowest BCUT2D eigenvalue weighted by Crippen LogP contribution is -2.32. The van der Waals surface area contributed by atoms with E-state index >= 15 is 0 Å². The van der Waals surface area contributed by atoms with Gasteiger partial charge in [0.1, 0.15) is 5.69 Å². The van der Waals surface area contributed by atoms with Gasteiger partial charge in [0, 0.05) is 15.5 Å². The summed E-state index contributed by atoms with van der Waals surface area (Å²) in [6.07, 6.45) is -0.546. The molecular weight excluding hydrogens is 588 g/mol. The first-order chi connectivity index (χ1) is 16.7. The molecule has 10 nitrogen and oxygen atoms in total. The van der Waals surface area contributed by atoms with Crippen molar-refractivity contribution in [1.29, 1.82) is 0 Å². The summed E-state index contributed by atoms with van der Waals surface area (Å²) >= 11 is 6.85. The monoisotopic (exact) mass is 614 g/mol. The number of ether oxygens (including phenoxy) is 3. The van der Waals surface area contributed by atoms with Gasteiger partial charge in [-0.3, -0.25) is 14.7 Å². The van der Waals surface area contributed by atoms with E-state index in [-0.39, 0.29) is 44.5 Å². The maximum Gasteiger partial charge on any atom is 0.410 e. The van der Waals surface area contributed by atoms with Crippen LogP contribution < -0.4 is 5.32 Å². The number of aromatic nitrogens is 2. The summed E-state index contributed by atoms with van der Waals surface area (Å²) in [4.78, 5) is 46.8. The largest absolute Gasteiger partial charge is 0.465 e. The molecule has 0 aliphatic heterocycles. The minimum Gasteiger partial charge on any atom is -0.465 e. The number of halogens is 2.